The molecule has 15 heavy (non-hydrogen) atoms. The van der Waals surface area contributed by atoms with Gasteiger partial charge in [0.05, 0.1) is 0 Å². The van der Waals surface area contributed by atoms with E-state index in [2.05, 4.69) is 35.6 Å². The third-order valence-corrected chi connectivity index (χ3v) is 3.14. The van der Waals surface area contributed by atoms with Gasteiger partial charge in [0.15, 0.2) is 0 Å². The van der Waals surface area contributed by atoms with Gasteiger partial charge in [-0.05, 0) is 23.8 Å². The van der Waals surface area contributed by atoms with Crippen molar-refractivity contribution in [1.82, 2.24) is 5.43 Å². The van der Waals surface area contributed by atoms with Gasteiger partial charge in [-0.3, -0.25) is 11.3 Å². The highest BCUT2D eigenvalue weighted by Gasteiger charge is 2.42. The normalized spacial score (nSPS) is 25.6. The number of nitrogens with two attached hydrogens (primary N) is 1. The van der Waals surface area contributed by atoms with Crippen molar-refractivity contribution in [3.8, 4) is 12.3 Å². The standard InChI is InChI=1S/C13H16N2/c1-2-6-13(15-14)12-9-11(12)10-7-4-3-5-8-10/h1,3-5,7-8,11-13,15H,6,9,14H2. The Hall–Kier alpha value is -1.30. The number of benzene rings is 1. The van der Waals surface area contributed by atoms with Gasteiger partial charge in [0.25, 0.3) is 0 Å². The number of hydrogen-bond donors (Lipinski definition) is 2. The van der Waals surface area contributed by atoms with E-state index in [0.717, 1.165) is 0 Å². The summed E-state index contributed by atoms with van der Waals surface area (Å²) in [5.74, 6) is 9.41. The molecule has 1 aromatic carbocycles. The molecule has 0 bridgehead atoms. The van der Waals surface area contributed by atoms with Gasteiger partial charge in [-0.15, -0.1) is 12.3 Å². The van der Waals surface area contributed by atoms with Crippen LogP contribution in [0, 0.1) is 18.3 Å². The lowest BCUT2D eigenvalue weighted by Gasteiger charge is -2.12. The maximum Gasteiger partial charge on any atom is 0.0354 e. The molecule has 0 saturated heterocycles. The van der Waals surface area contributed by atoms with Crippen molar-refractivity contribution in [3.05, 3.63) is 35.9 Å². The molecule has 0 amide bonds. The molecule has 1 saturated carbocycles. The predicted molar refractivity (Wildman–Crippen MR) is 61.9 cm³/mol. The van der Waals surface area contributed by atoms with E-state index in [1.54, 1.807) is 0 Å². The zero-order valence-corrected chi connectivity index (χ0v) is 8.69. The van der Waals surface area contributed by atoms with E-state index >= 15 is 0 Å². The van der Waals surface area contributed by atoms with Crippen LogP contribution in [0.15, 0.2) is 30.3 Å². The van der Waals surface area contributed by atoms with E-state index in [1.807, 2.05) is 6.07 Å². The summed E-state index contributed by atoms with van der Waals surface area (Å²) in [4.78, 5) is 0. The van der Waals surface area contributed by atoms with E-state index in [0.29, 0.717) is 18.3 Å². The second kappa shape index (κ2) is 4.48. The first kappa shape index (κ1) is 10.2. The molecule has 1 aliphatic rings. The molecule has 3 unspecified atom stereocenters. The lowest BCUT2D eigenvalue weighted by Crippen LogP contribution is -2.36. The quantitative estimate of drug-likeness (QED) is 0.440. The van der Waals surface area contributed by atoms with Gasteiger partial charge in [0.1, 0.15) is 0 Å². The van der Waals surface area contributed by atoms with E-state index in [1.165, 1.54) is 12.0 Å². The summed E-state index contributed by atoms with van der Waals surface area (Å²) in [6.45, 7) is 0. The van der Waals surface area contributed by atoms with E-state index in [-0.39, 0.29) is 6.04 Å². The minimum absolute atomic E-state index is 0.264. The van der Waals surface area contributed by atoms with Crippen molar-refractivity contribution in [2.75, 3.05) is 0 Å². The first-order chi connectivity index (χ1) is 7.36. The number of hydrazine groups is 1. The fourth-order valence-corrected chi connectivity index (χ4v) is 2.20. The lowest BCUT2D eigenvalue weighted by molar-refractivity contribution is 0.476. The minimum Gasteiger partial charge on any atom is -0.271 e. The molecule has 0 heterocycles. The summed E-state index contributed by atoms with van der Waals surface area (Å²) in [5.41, 5.74) is 4.22. The molecule has 0 spiro atoms. The third-order valence-electron chi connectivity index (χ3n) is 3.14. The van der Waals surface area contributed by atoms with Crippen molar-refractivity contribution in [2.24, 2.45) is 11.8 Å². The summed E-state index contributed by atoms with van der Waals surface area (Å²) in [5, 5.41) is 0. The van der Waals surface area contributed by atoms with E-state index in [9.17, 15) is 0 Å². The molecule has 1 aromatic rings. The van der Waals surface area contributed by atoms with Gasteiger partial charge in [-0.2, -0.15) is 0 Å². The maximum absolute atomic E-state index is 5.49. The Kier molecular flexibility index (Phi) is 3.05. The van der Waals surface area contributed by atoms with Gasteiger partial charge in [0, 0.05) is 12.5 Å². The molecule has 0 aromatic heterocycles. The molecular weight excluding hydrogens is 184 g/mol. The van der Waals surface area contributed by atoms with Crippen LogP contribution in [-0.4, -0.2) is 6.04 Å². The minimum atomic E-state index is 0.264. The van der Waals surface area contributed by atoms with Gasteiger partial charge in [-0.25, -0.2) is 0 Å². The molecule has 3 N–H and O–H groups in total. The molecule has 0 aliphatic heterocycles. The number of terminal acetylenes is 1. The van der Waals surface area contributed by atoms with Crippen molar-refractivity contribution in [2.45, 2.75) is 24.8 Å². The van der Waals surface area contributed by atoms with Crippen molar-refractivity contribution in [1.29, 1.82) is 0 Å². The Morgan fingerprint density at radius 1 is 1.47 bits per heavy atom. The van der Waals surface area contributed by atoms with Gasteiger partial charge >= 0.3 is 0 Å². The van der Waals surface area contributed by atoms with Crippen LogP contribution in [0.5, 0.6) is 0 Å². The number of rotatable bonds is 4. The molecule has 2 heteroatoms. The Labute approximate surface area is 90.8 Å². The molecular formula is C13H16N2. The van der Waals surface area contributed by atoms with Crippen LogP contribution in [0.3, 0.4) is 0 Å². The predicted octanol–water partition coefficient (Wildman–Crippen LogP) is 1.65. The summed E-state index contributed by atoms with van der Waals surface area (Å²) in [6.07, 6.45) is 7.22. The van der Waals surface area contributed by atoms with Crippen LogP contribution in [0.25, 0.3) is 0 Å². The lowest BCUT2D eigenvalue weighted by atomic mass is 10.0. The Balaban J connectivity index is 1.98. The highest BCUT2D eigenvalue weighted by atomic mass is 15.2. The summed E-state index contributed by atoms with van der Waals surface area (Å²) >= 11 is 0. The second-order valence-corrected chi connectivity index (χ2v) is 4.10. The highest BCUT2D eigenvalue weighted by molar-refractivity contribution is 5.26. The van der Waals surface area contributed by atoms with Crippen LogP contribution in [-0.2, 0) is 0 Å². The van der Waals surface area contributed by atoms with Crippen molar-refractivity contribution >= 4 is 0 Å². The zero-order valence-electron chi connectivity index (χ0n) is 8.69. The monoisotopic (exact) mass is 200 g/mol. The molecule has 3 atom stereocenters. The Morgan fingerprint density at radius 2 is 2.20 bits per heavy atom. The molecule has 0 radical (unpaired) electrons. The average molecular weight is 200 g/mol. The molecule has 1 fully saturated rings. The fourth-order valence-electron chi connectivity index (χ4n) is 2.20. The second-order valence-electron chi connectivity index (χ2n) is 4.10. The average Bonchev–Trinajstić information content (AvgIpc) is 3.07. The zero-order chi connectivity index (χ0) is 10.7. The third kappa shape index (κ3) is 2.20. The van der Waals surface area contributed by atoms with Crippen LogP contribution in [0.1, 0.15) is 24.3 Å². The topological polar surface area (TPSA) is 38.0 Å². The maximum atomic E-state index is 5.49. The summed E-state index contributed by atoms with van der Waals surface area (Å²) in [6, 6.07) is 10.8. The molecule has 2 rings (SSSR count). The molecule has 2 nitrogen and oxygen atoms in total. The van der Waals surface area contributed by atoms with Crippen LogP contribution < -0.4 is 11.3 Å². The number of hydrogen-bond acceptors (Lipinski definition) is 2. The number of nitrogens with one attached hydrogen (secondary N) is 1. The highest BCUT2D eigenvalue weighted by Crippen LogP contribution is 2.49. The molecule has 78 valence electrons. The van der Waals surface area contributed by atoms with E-state index < -0.39 is 0 Å². The van der Waals surface area contributed by atoms with E-state index in [4.69, 9.17) is 12.3 Å². The van der Waals surface area contributed by atoms with Gasteiger partial charge in [-0.1, -0.05) is 30.3 Å². The summed E-state index contributed by atoms with van der Waals surface area (Å²) in [7, 11) is 0. The van der Waals surface area contributed by atoms with Crippen LogP contribution in [0.4, 0.5) is 0 Å². The van der Waals surface area contributed by atoms with Crippen molar-refractivity contribution in [3.63, 3.8) is 0 Å². The Morgan fingerprint density at radius 3 is 2.80 bits per heavy atom. The van der Waals surface area contributed by atoms with Gasteiger partial charge in [0.2, 0.25) is 0 Å². The van der Waals surface area contributed by atoms with Gasteiger partial charge < -0.3 is 0 Å². The first-order valence-electron chi connectivity index (χ1n) is 5.31. The smallest absolute Gasteiger partial charge is 0.0354 e. The van der Waals surface area contributed by atoms with Crippen LogP contribution in [0.2, 0.25) is 0 Å². The summed E-state index contributed by atoms with van der Waals surface area (Å²) < 4.78 is 0. The fraction of sp³-hybridized carbons (Fsp3) is 0.385. The molecule has 1 aliphatic carbocycles. The SMILES string of the molecule is C#CCC(NN)C1CC1c1ccccc1. The largest absolute Gasteiger partial charge is 0.271 e. The van der Waals surface area contributed by atoms with Crippen LogP contribution >= 0.6 is 0 Å². The van der Waals surface area contributed by atoms with Crippen molar-refractivity contribution < 1.29 is 0 Å². The first-order valence-corrected chi connectivity index (χ1v) is 5.31. The Bertz CT molecular complexity index is 353.